The molecule has 166 valence electrons. The molecule has 2 aromatic carbocycles. The summed E-state index contributed by atoms with van der Waals surface area (Å²) in [5.41, 5.74) is 1.83. The van der Waals surface area contributed by atoms with Crippen LogP contribution in [-0.2, 0) is 20.8 Å². The summed E-state index contributed by atoms with van der Waals surface area (Å²) in [6, 6.07) is 14.1. The molecular weight excluding hydrogens is 430 g/mol. The van der Waals surface area contributed by atoms with Gasteiger partial charge in [0.2, 0.25) is 0 Å². The fourth-order valence-electron chi connectivity index (χ4n) is 2.98. The first kappa shape index (κ1) is 23.0. The molecule has 0 unspecified atom stereocenters. The third-order valence-corrected chi connectivity index (χ3v) is 5.65. The molecule has 1 heterocycles. The molecule has 0 fully saturated rings. The van der Waals surface area contributed by atoms with Gasteiger partial charge in [-0.05, 0) is 48.4 Å². The van der Waals surface area contributed by atoms with E-state index in [2.05, 4.69) is 0 Å². The number of benzene rings is 2. The number of esters is 2. The van der Waals surface area contributed by atoms with E-state index in [1.165, 1.54) is 29.1 Å². The number of carbonyl (C=O) groups is 2. The molecule has 0 aliphatic carbocycles. The number of hydrogen-bond donors (Lipinski definition) is 0. The summed E-state index contributed by atoms with van der Waals surface area (Å²) in [6.07, 6.45) is 3.09. The summed E-state index contributed by atoms with van der Waals surface area (Å²) in [5, 5.41) is 0. The van der Waals surface area contributed by atoms with Crippen molar-refractivity contribution in [3.63, 3.8) is 0 Å². The largest absolute Gasteiger partial charge is 0.497 e. The van der Waals surface area contributed by atoms with Crippen molar-refractivity contribution >= 4 is 35.4 Å². The molecule has 3 rings (SSSR count). The Kier molecular flexibility index (Phi) is 7.62. The minimum atomic E-state index is -0.514. The normalized spacial score (nSPS) is 12.0. The van der Waals surface area contributed by atoms with Gasteiger partial charge in [-0.15, -0.1) is 11.3 Å². The van der Waals surface area contributed by atoms with Gasteiger partial charge in [0.25, 0.3) is 5.56 Å². The van der Waals surface area contributed by atoms with Gasteiger partial charge in [-0.3, -0.25) is 9.36 Å². The summed E-state index contributed by atoms with van der Waals surface area (Å²) < 4.78 is 17.4. The van der Waals surface area contributed by atoms with Crippen molar-refractivity contribution in [1.82, 2.24) is 4.57 Å². The zero-order valence-electron chi connectivity index (χ0n) is 18.0. The molecular formula is C24H23NO6S. The van der Waals surface area contributed by atoms with Gasteiger partial charge in [0.15, 0.2) is 0 Å². The first-order valence-electron chi connectivity index (χ1n) is 9.86. The lowest BCUT2D eigenvalue weighted by Gasteiger charge is -2.04. The number of ether oxygens (including phenoxy) is 3. The first-order valence-corrected chi connectivity index (χ1v) is 10.7. The number of hydrogen-bond acceptors (Lipinski definition) is 7. The van der Waals surface area contributed by atoms with Gasteiger partial charge in [0, 0.05) is 0 Å². The first-order chi connectivity index (χ1) is 15.4. The van der Waals surface area contributed by atoms with Gasteiger partial charge in [0.05, 0.1) is 43.5 Å². The Hall–Kier alpha value is -3.65. The Balaban J connectivity index is 2.04. The van der Waals surface area contributed by atoms with Crippen LogP contribution in [0.5, 0.6) is 5.75 Å². The van der Waals surface area contributed by atoms with Gasteiger partial charge in [-0.25, -0.2) is 9.59 Å². The van der Waals surface area contributed by atoms with Crippen LogP contribution in [-0.4, -0.2) is 37.3 Å². The molecule has 8 heteroatoms. The molecule has 0 spiro atoms. The van der Waals surface area contributed by atoms with Crippen LogP contribution in [0, 0.1) is 0 Å². The Morgan fingerprint density at radius 1 is 1.03 bits per heavy atom. The lowest BCUT2D eigenvalue weighted by molar-refractivity contribution is -0.135. The number of rotatable bonds is 7. The Bertz CT molecular complexity index is 1270. The zero-order valence-corrected chi connectivity index (χ0v) is 18.8. The second-order valence-corrected chi connectivity index (χ2v) is 7.76. The van der Waals surface area contributed by atoms with Crippen molar-refractivity contribution in [3.8, 4) is 5.75 Å². The summed E-state index contributed by atoms with van der Waals surface area (Å²) in [6.45, 7) is 2.20. The molecule has 7 nitrogen and oxygen atoms in total. The summed E-state index contributed by atoms with van der Waals surface area (Å²) in [5.74, 6) is -0.228. The number of methoxy groups -OCH3 is 2. The van der Waals surface area contributed by atoms with Crippen molar-refractivity contribution in [1.29, 1.82) is 0 Å². The van der Waals surface area contributed by atoms with Gasteiger partial charge in [-0.1, -0.05) is 24.3 Å². The van der Waals surface area contributed by atoms with E-state index in [0.717, 1.165) is 16.9 Å². The zero-order chi connectivity index (χ0) is 23.1. The van der Waals surface area contributed by atoms with Gasteiger partial charge in [0.1, 0.15) is 10.4 Å². The third-order valence-electron chi connectivity index (χ3n) is 4.59. The van der Waals surface area contributed by atoms with Crippen LogP contribution in [0.3, 0.4) is 0 Å². The maximum absolute atomic E-state index is 13.2. The Morgan fingerprint density at radius 3 is 2.31 bits per heavy atom. The monoisotopic (exact) mass is 453 g/mol. The lowest BCUT2D eigenvalue weighted by Crippen LogP contribution is -2.32. The summed E-state index contributed by atoms with van der Waals surface area (Å²) in [7, 11) is 2.91. The minimum Gasteiger partial charge on any atom is -0.497 e. The molecule has 0 saturated heterocycles. The van der Waals surface area contributed by atoms with Crippen molar-refractivity contribution in [2.75, 3.05) is 20.8 Å². The molecule has 0 bridgehead atoms. The predicted molar refractivity (Wildman–Crippen MR) is 122 cm³/mol. The molecule has 0 aliphatic heterocycles. The SMILES string of the molecule is CCOC(=O)/C=c1\s/c(=C\c2ccc(OC)cc2)c(=O)n1Cc1ccc(C(=O)OC)cc1. The summed E-state index contributed by atoms with van der Waals surface area (Å²) >= 11 is 1.21. The molecule has 0 N–H and O–H groups in total. The van der Waals surface area contributed by atoms with Crippen molar-refractivity contribution in [2.45, 2.75) is 13.5 Å². The predicted octanol–water partition coefficient (Wildman–Crippen LogP) is 1.93. The van der Waals surface area contributed by atoms with Gasteiger partial charge in [-0.2, -0.15) is 0 Å². The van der Waals surface area contributed by atoms with Gasteiger partial charge < -0.3 is 14.2 Å². The maximum atomic E-state index is 13.2. The van der Waals surface area contributed by atoms with Crippen LogP contribution in [0.15, 0.2) is 53.3 Å². The topological polar surface area (TPSA) is 83.8 Å². The standard InChI is InChI=1S/C24H23NO6S/c1-4-31-22(26)14-21-25(15-17-5-9-18(10-6-17)24(28)30-3)23(27)20(32-21)13-16-7-11-19(29-2)12-8-16/h5-14H,4,15H2,1-3H3/b20-13-,21-14-. The second kappa shape index (κ2) is 10.6. The summed E-state index contributed by atoms with van der Waals surface area (Å²) in [4.78, 5) is 36.9. The number of nitrogens with zero attached hydrogens (tertiary/aromatic N) is 1. The van der Waals surface area contributed by atoms with Crippen LogP contribution in [0.2, 0.25) is 0 Å². The van der Waals surface area contributed by atoms with E-state index < -0.39 is 11.9 Å². The van der Waals surface area contributed by atoms with E-state index in [1.807, 2.05) is 24.3 Å². The molecule has 0 amide bonds. The molecule has 1 aromatic heterocycles. The number of aromatic nitrogens is 1. The maximum Gasteiger partial charge on any atom is 0.337 e. The average Bonchev–Trinajstić information content (AvgIpc) is 3.08. The fourth-order valence-corrected chi connectivity index (χ4v) is 4.01. The van der Waals surface area contributed by atoms with E-state index in [9.17, 15) is 14.4 Å². The molecule has 0 radical (unpaired) electrons. The van der Waals surface area contributed by atoms with Crippen molar-refractivity contribution < 1.29 is 23.8 Å². The average molecular weight is 454 g/mol. The highest BCUT2D eigenvalue weighted by Crippen LogP contribution is 2.11. The second-order valence-electron chi connectivity index (χ2n) is 6.70. The van der Waals surface area contributed by atoms with Crippen LogP contribution in [0.25, 0.3) is 12.2 Å². The van der Waals surface area contributed by atoms with E-state index in [4.69, 9.17) is 14.2 Å². The van der Waals surface area contributed by atoms with Crippen LogP contribution < -0.4 is 19.5 Å². The van der Waals surface area contributed by atoms with Crippen LogP contribution >= 0.6 is 11.3 Å². The molecule has 32 heavy (non-hydrogen) atoms. The van der Waals surface area contributed by atoms with E-state index >= 15 is 0 Å². The highest BCUT2D eigenvalue weighted by molar-refractivity contribution is 7.07. The molecule has 0 aliphatic rings. The lowest BCUT2D eigenvalue weighted by atomic mass is 10.1. The quantitative estimate of drug-likeness (QED) is 0.509. The highest BCUT2D eigenvalue weighted by atomic mass is 32.1. The fraction of sp³-hybridized carbons (Fsp3) is 0.208. The minimum absolute atomic E-state index is 0.224. The van der Waals surface area contributed by atoms with E-state index in [-0.39, 0.29) is 18.7 Å². The molecule has 0 saturated carbocycles. The molecule has 3 aromatic rings. The van der Waals surface area contributed by atoms with Crippen LogP contribution in [0.1, 0.15) is 28.4 Å². The van der Waals surface area contributed by atoms with Crippen LogP contribution in [0.4, 0.5) is 0 Å². The molecule has 0 atom stereocenters. The Morgan fingerprint density at radius 2 is 1.72 bits per heavy atom. The van der Waals surface area contributed by atoms with E-state index in [0.29, 0.717) is 14.8 Å². The van der Waals surface area contributed by atoms with Crippen molar-refractivity contribution in [2.24, 2.45) is 0 Å². The smallest absolute Gasteiger partial charge is 0.337 e. The Labute approximate surface area is 188 Å². The van der Waals surface area contributed by atoms with E-state index in [1.54, 1.807) is 44.4 Å². The number of thiazole rings is 1. The third kappa shape index (κ3) is 5.53. The number of carbonyl (C=O) groups excluding carboxylic acids is 2. The highest BCUT2D eigenvalue weighted by Gasteiger charge is 2.10. The van der Waals surface area contributed by atoms with Crippen molar-refractivity contribution in [3.05, 3.63) is 84.8 Å². The van der Waals surface area contributed by atoms with Gasteiger partial charge >= 0.3 is 11.9 Å².